The van der Waals surface area contributed by atoms with Crippen LogP contribution < -0.4 is 9.47 Å². The van der Waals surface area contributed by atoms with Crippen molar-refractivity contribution >= 4 is 5.70 Å². The number of azo groups is 1. The number of benzene rings is 2. The lowest BCUT2D eigenvalue weighted by molar-refractivity contribution is 0.354. The van der Waals surface area contributed by atoms with Crippen LogP contribution in [0, 0.1) is 0 Å². The molecule has 2 aliphatic rings. The van der Waals surface area contributed by atoms with E-state index in [0.29, 0.717) is 11.5 Å². The maximum absolute atomic E-state index is 5.54. The molecule has 22 heavy (non-hydrogen) atoms. The van der Waals surface area contributed by atoms with Crippen molar-refractivity contribution in [2.45, 2.75) is 12.5 Å². The number of rotatable bonds is 3. The van der Waals surface area contributed by atoms with E-state index in [4.69, 9.17) is 9.47 Å². The van der Waals surface area contributed by atoms with Gasteiger partial charge in [-0.2, -0.15) is 10.2 Å². The Morgan fingerprint density at radius 2 is 1.86 bits per heavy atom. The van der Waals surface area contributed by atoms with E-state index in [1.165, 1.54) is 16.7 Å². The van der Waals surface area contributed by atoms with Crippen LogP contribution in [0.5, 0.6) is 11.5 Å². The first-order chi connectivity index (χ1) is 10.8. The van der Waals surface area contributed by atoms with Gasteiger partial charge >= 0.3 is 0 Å². The third-order valence-electron chi connectivity index (χ3n) is 4.30. The first-order valence-corrected chi connectivity index (χ1v) is 7.26. The number of hydrogen-bond donors (Lipinski definition) is 0. The molecule has 1 atom stereocenters. The Morgan fingerprint density at radius 1 is 1.00 bits per heavy atom. The van der Waals surface area contributed by atoms with E-state index in [0.717, 1.165) is 17.7 Å². The van der Waals surface area contributed by atoms with Gasteiger partial charge in [0.05, 0.1) is 19.9 Å². The van der Waals surface area contributed by atoms with Crippen molar-refractivity contribution in [2.24, 2.45) is 10.2 Å². The number of hydrogen-bond acceptors (Lipinski definition) is 4. The predicted octanol–water partition coefficient (Wildman–Crippen LogP) is 4.18. The lowest BCUT2D eigenvalue weighted by Gasteiger charge is -2.12. The normalized spacial score (nSPS) is 18.4. The van der Waals surface area contributed by atoms with E-state index in [2.05, 4.69) is 34.5 Å². The second kappa shape index (κ2) is 4.98. The zero-order valence-corrected chi connectivity index (χ0v) is 12.5. The molecule has 4 heteroatoms. The molecule has 1 unspecified atom stereocenters. The number of para-hydroxylation sites is 1. The largest absolute Gasteiger partial charge is 0.493 e. The summed E-state index contributed by atoms with van der Waals surface area (Å²) in [6.07, 6.45) is 0.892. The van der Waals surface area contributed by atoms with Crippen molar-refractivity contribution in [3.8, 4) is 11.5 Å². The van der Waals surface area contributed by atoms with Crippen molar-refractivity contribution in [2.75, 3.05) is 14.2 Å². The average molecular weight is 292 g/mol. The quantitative estimate of drug-likeness (QED) is 0.851. The Labute approximate surface area is 129 Å². The van der Waals surface area contributed by atoms with Crippen LogP contribution in [0.25, 0.3) is 5.70 Å². The third kappa shape index (κ3) is 1.77. The Hall–Kier alpha value is -2.62. The predicted molar refractivity (Wildman–Crippen MR) is 84.2 cm³/mol. The SMILES string of the molecule is COc1cccc(C2=C3Cc4ccccc4C3N=N2)c1OC. The van der Waals surface area contributed by atoms with Gasteiger partial charge in [0.15, 0.2) is 11.5 Å². The summed E-state index contributed by atoms with van der Waals surface area (Å²) in [5.74, 6) is 1.42. The first kappa shape index (κ1) is 13.1. The monoisotopic (exact) mass is 292 g/mol. The van der Waals surface area contributed by atoms with Crippen LogP contribution in [0.4, 0.5) is 0 Å². The summed E-state index contributed by atoms with van der Waals surface area (Å²) in [6.45, 7) is 0. The summed E-state index contributed by atoms with van der Waals surface area (Å²) in [4.78, 5) is 0. The van der Waals surface area contributed by atoms with Crippen LogP contribution in [0.15, 0.2) is 58.3 Å². The molecule has 1 aliphatic carbocycles. The summed E-state index contributed by atoms with van der Waals surface area (Å²) in [5, 5.41) is 8.92. The van der Waals surface area contributed by atoms with Gasteiger partial charge in [0.25, 0.3) is 0 Å². The van der Waals surface area contributed by atoms with Crippen molar-refractivity contribution in [3.05, 3.63) is 64.7 Å². The fourth-order valence-corrected chi connectivity index (χ4v) is 3.28. The Kier molecular flexibility index (Phi) is 2.96. The Morgan fingerprint density at radius 3 is 2.68 bits per heavy atom. The van der Waals surface area contributed by atoms with Gasteiger partial charge in [0.2, 0.25) is 0 Å². The van der Waals surface area contributed by atoms with Crippen LogP contribution in [-0.4, -0.2) is 14.2 Å². The Balaban J connectivity index is 1.86. The number of fused-ring (bicyclic) bond motifs is 3. The highest BCUT2D eigenvalue weighted by atomic mass is 16.5. The van der Waals surface area contributed by atoms with Gasteiger partial charge in [-0.25, -0.2) is 0 Å². The standard InChI is InChI=1S/C18H16N2O2/c1-21-15-9-5-8-13(18(15)22-2)17-14-10-11-6-3-4-7-12(11)16(14)19-20-17/h3-9,16H,10H2,1-2H3. The molecule has 2 aromatic rings. The Bertz CT molecular complexity index is 808. The second-order valence-corrected chi connectivity index (χ2v) is 5.41. The molecule has 4 nitrogen and oxygen atoms in total. The van der Waals surface area contributed by atoms with Gasteiger partial charge < -0.3 is 9.47 Å². The molecule has 0 saturated heterocycles. The van der Waals surface area contributed by atoms with Crippen molar-refractivity contribution < 1.29 is 9.47 Å². The summed E-state index contributed by atoms with van der Waals surface area (Å²) in [7, 11) is 3.30. The van der Waals surface area contributed by atoms with Gasteiger partial charge in [-0.15, -0.1) is 0 Å². The smallest absolute Gasteiger partial charge is 0.170 e. The van der Waals surface area contributed by atoms with Gasteiger partial charge in [0.1, 0.15) is 6.04 Å². The minimum absolute atomic E-state index is 0.0575. The van der Waals surface area contributed by atoms with E-state index >= 15 is 0 Å². The lowest BCUT2D eigenvalue weighted by atomic mass is 10.0. The summed E-state index contributed by atoms with van der Waals surface area (Å²) in [6, 6.07) is 14.3. The third-order valence-corrected chi connectivity index (χ3v) is 4.30. The van der Waals surface area contributed by atoms with E-state index < -0.39 is 0 Å². The van der Waals surface area contributed by atoms with E-state index in [9.17, 15) is 0 Å². The molecule has 1 heterocycles. The molecular formula is C18H16N2O2. The molecule has 110 valence electrons. The van der Waals surface area contributed by atoms with Crippen LogP contribution in [-0.2, 0) is 6.42 Å². The molecule has 0 fully saturated rings. The summed E-state index contributed by atoms with van der Waals surface area (Å²) < 4.78 is 10.9. The zero-order valence-electron chi connectivity index (χ0n) is 12.5. The van der Waals surface area contributed by atoms with Crippen LogP contribution >= 0.6 is 0 Å². The van der Waals surface area contributed by atoms with Crippen LogP contribution in [0.1, 0.15) is 22.7 Å². The molecule has 0 N–H and O–H groups in total. The second-order valence-electron chi connectivity index (χ2n) is 5.41. The molecule has 0 radical (unpaired) electrons. The highest BCUT2D eigenvalue weighted by molar-refractivity contribution is 5.78. The highest BCUT2D eigenvalue weighted by Gasteiger charge is 2.34. The minimum Gasteiger partial charge on any atom is -0.493 e. The average Bonchev–Trinajstić information content (AvgIpc) is 3.12. The highest BCUT2D eigenvalue weighted by Crippen LogP contribution is 2.49. The lowest BCUT2D eigenvalue weighted by Crippen LogP contribution is -1.96. The van der Waals surface area contributed by atoms with Crippen molar-refractivity contribution in [3.63, 3.8) is 0 Å². The fourth-order valence-electron chi connectivity index (χ4n) is 3.28. The van der Waals surface area contributed by atoms with E-state index in [1.807, 2.05) is 18.2 Å². The van der Waals surface area contributed by atoms with E-state index in [-0.39, 0.29) is 6.04 Å². The van der Waals surface area contributed by atoms with Crippen molar-refractivity contribution in [1.82, 2.24) is 0 Å². The summed E-state index contributed by atoms with van der Waals surface area (Å²) >= 11 is 0. The molecular weight excluding hydrogens is 276 g/mol. The molecule has 2 aromatic carbocycles. The number of ether oxygens (including phenoxy) is 2. The molecule has 1 aliphatic heterocycles. The van der Waals surface area contributed by atoms with Gasteiger partial charge in [-0.05, 0) is 35.3 Å². The van der Waals surface area contributed by atoms with Crippen LogP contribution in [0.3, 0.4) is 0 Å². The number of methoxy groups -OCH3 is 2. The summed E-state index contributed by atoms with van der Waals surface area (Å²) in [5.41, 5.74) is 5.69. The minimum atomic E-state index is 0.0575. The zero-order chi connectivity index (χ0) is 15.1. The molecule has 0 spiro atoms. The van der Waals surface area contributed by atoms with Gasteiger partial charge in [-0.3, -0.25) is 0 Å². The van der Waals surface area contributed by atoms with E-state index in [1.54, 1.807) is 14.2 Å². The molecule has 0 bridgehead atoms. The van der Waals surface area contributed by atoms with Gasteiger partial charge in [0, 0.05) is 5.56 Å². The maximum Gasteiger partial charge on any atom is 0.170 e. The maximum atomic E-state index is 5.54. The topological polar surface area (TPSA) is 43.2 Å². The fraction of sp³-hybridized carbons (Fsp3) is 0.222. The first-order valence-electron chi connectivity index (χ1n) is 7.26. The number of nitrogens with zero attached hydrogens (tertiary/aromatic N) is 2. The molecule has 0 saturated carbocycles. The van der Waals surface area contributed by atoms with Crippen LogP contribution in [0.2, 0.25) is 0 Å². The van der Waals surface area contributed by atoms with Crippen molar-refractivity contribution in [1.29, 1.82) is 0 Å². The van der Waals surface area contributed by atoms with Gasteiger partial charge in [-0.1, -0.05) is 30.3 Å². The molecule has 0 aromatic heterocycles. The molecule has 4 rings (SSSR count). The molecule has 0 amide bonds.